The van der Waals surface area contributed by atoms with Gasteiger partial charge in [0.2, 0.25) is 5.82 Å². The number of nitrogens with zero attached hydrogens (tertiary/aromatic N) is 3. The summed E-state index contributed by atoms with van der Waals surface area (Å²) in [6, 6.07) is 14.3. The number of benzene rings is 2. The van der Waals surface area contributed by atoms with Crippen molar-refractivity contribution in [3.05, 3.63) is 71.4 Å². The highest BCUT2D eigenvalue weighted by Gasteiger charge is 2.23. The number of amides is 1. The van der Waals surface area contributed by atoms with Gasteiger partial charge in [0.25, 0.3) is 0 Å². The molecule has 5 rings (SSSR count). The number of carbonyl (C=O) groups excluding carboxylic acids is 1. The number of para-hydroxylation sites is 1. The van der Waals surface area contributed by atoms with Crippen LogP contribution < -0.4 is 5.32 Å². The number of hydrogen-bond acceptors (Lipinski definition) is 6. The molecule has 1 aliphatic rings. The molecule has 0 bridgehead atoms. The molecule has 1 fully saturated rings. The van der Waals surface area contributed by atoms with E-state index in [1.807, 2.05) is 43.3 Å². The summed E-state index contributed by atoms with van der Waals surface area (Å²) in [7, 11) is 0. The van der Waals surface area contributed by atoms with Crippen LogP contribution >= 0.6 is 0 Å². The van der Waals surface area contributed by atoms with Gasteiger partial charge in [-0.05, 0) is 62.5 Å². The minimum absolute atomic E-state index is 0.0707. The molecule has 7 nitrogen and oxygen atoms in total. The summed E-state index contributed by atoms with van der Waals surface area (Å²) >= 11 is 0. The molecule has 0 saturated carbocycles. The highest BCUT2D eigenvalue weighted by Crippen LogP contribution is 2.31. The molecule has 1 aliphatic heterocycles. The predicted molar refractivity (Wildman–Crippen MR) is 121 cm³/mol. The molecular weight excluding hydrogens is 423 g/mol. The number of fused-ring (bicyclic) bond motifs is 1. The number of halogens is 1. The maximum atomic E-state index is 13.1. The van der Waals surface area contributed by atoms with E-state index in [0.717, 1.165) is 54.6 Å². The first-order valence-electron chi connectivity index (χ1n) is 11.1. The number of nitrogens with one attached hydrogen (secondary N) is 1. The third-order valence-corrected chi connectivity index (χ3v) is 6.24. The van der Waals surface area contributed by atoms with Gasteiger partial charge < -0.3 is 14.3 Å². The lowest BCUT2D eigenvalue weighted by Gasteiger charge is -2.31. The second kappa shape index (κ2) is 9.15. The summed E-state index contributed by atoms with van der Waals surface area (Å²) in [4.78, 5) is 19.1. The standard InChI is InChI=1S/C25H25FN4O3/c1-16-20-4-2-3-5-21(20)32-22(16)23-28-25(33-29-23)24(31)27-14-17-10-12-30(13-11-17)15-18-6-8-19(26)9-7-18/h2-9,17H,10-15H2,1H3,(H,27,31). The zero-order chi connectivity index (χ0) is 22.8. The fraction of sp³-hybridized carbons (Fsp3) is 0.320. The molecule has 1 amide bonds. The van der Waals surface area contributed by atoms with Crippen molar-refractivity contribution in [2.24, 2.45) is 5.92 Å². The number of piperidine rings is 1. The van der Waals surface area contributed by atoms with Gasteiger partial charge in [0, 0.05) is 24.0 Å². The van der Waals surface area contributed by atoms with Crippen molar-refractivity contribution in [3.63, 3.8) is 0 Å². The number of likely N-dealkylation sites (tertiary alicyclic amines) is 1. The summed E-state index contributed by atoms with van der Waals surface area (Å²) in [5.74, 6) is 0.498. The van der Waals surface area contributed by atoms with E-state index >= 15 is 0 Å². The lowest BCUT2D eigenvalue weighted by atomic mass is 9.96. The zero-order valence-corrected chi connectivity index (χ0v) is 18.4. The summed E-state index contributed by atoms with van der Waals surface area (Å²) in [5, 5.41) is 7.84. The van der Waals surface area contributed by atoms with Crippen LogP contribution in [0.5, 0.6) is 0 Å². The van der Waals surface area contributed by atoms with Gasteiger partial charge in [-0.1, -0.05) is 35.5 Å². The number of carbonyl (C=O) groups is 1. The minimum atomic E-state index is -0.378. The smallest absolute Gasteiger partial charge is 0.316 e. The Labute approximate surface area is 190 Å². The van der Waals surface area contributed by atoms with Crippen LogP contribution in [-0.4, -0.2) is 40.6 Å². The molecule has 1 saturated heterocycles. The third kappa shape index (κ3) is 4.66. The number of furan rings is 1. The highest BCUT2D eigenvalue weighted by atomic mass is 19.1. The van der Waals surface area contributed by atoms with Gasteiger partial charge >= 0.3 is 11.8 Å². The van der Waals surface area contributed by atoms with E-state index in [0.29, 0.717) is 18.2 Å². The Morgan fingerprint density at radius 2 is 1.91 bits per heavy atom. The Kier molecular flexibility index (Phi) is 5.92. The van der Waals surface area contributed by atoms with Crippen LogP contribution in [0.1, 0.15) is 34.7 Å². The molecule has 3 heterocycles. The Balaban J connectivity index is 1.13. The molecular formula is C25H25FN4O3. The monoisotopic (exact) mass is 448 g/mol. The first-order chi connectivity index (χ1) is 16.1. The molecule has 33 heavy (non-hydrogen) atoms. The number of hydrogen-bond donors (Lipinski definition) is 1. The van der Waals surface area contributed by atoms with Gasteiger partial charge in [0.1, 0.15) is 11.4 Å². The summed E-state index contributed by atoms with van der Waals surface area (Å²) in [6.45, 7) is 5.18. The highest BCUT2D eigenvalue weighted by molar-refractivity contribution is 5.90. The van der Waals surface area contributed by atoms with Crippen LogP contribution in [0, 0.1) is 18.7 Å². The zero-order valence-electron chi connectivity index (χ0n) is 18.4. The largest absolute Gasteiger partial charge is 0.452 e. The predicted octanol–water partition coefficient (Wildman–Crippen LogP) is 4.57. The first kappa shape index (κ1) is 21.3. The van der Waals surface area contributed by atoms with Gasteiger partial charge in [-0.3, -0.25) is 9.69 Å². The number of rotatable bonds is 6. The van der Waals surface area contributed by atoms with E-state index in [2.05, 4.69) is 20.4 Å². The molecule has 0 atom stereocenters. The Morgan fingerprint density at radius 3 is 2.67 bits per heavy atom. The van der Waals surface area contributed by atoms with E-state index in [4.69, 9.17) is 8.94 Å². The van der Waals surface area contributed by atoms with Crippen molar-refractivity contribution >= 4 is 16.9 Å². The van der Waals surface area contributed by atoms with Crippen LogP contribution in [0.25, 0.3) is 22.6 Å². The molecule has 0 aliphatic carbocycles. The molecule has 1 N–H and O–H groups in total. The van der Waals surface area contributed by atoms with Gasteiger partial charge in [0.05, 0.1) is 0 Å². The van der Waals surface area contributed by atoms with Crippen LogP contribution in [-0.2, 0) is 6.54 Å². The Bertz CT molecular complexity index is 1260. The lowest BCUT2D eigenvalue weighted by Crippen LogP contribution is -2.38. The molecule has 2 aromatic heterocycles. The van der Waals surface area contributed by atoms with E-state index in [1.165, 1.54) is 12.1 Å². The normalized spacial score (nSPS) is 15.2. The quantitative estimate of drug-likeness (QED) is 0.465. The SMILES string of the molecule is Cc1c(-c2noc(C(=O)NCC3CCN(Cc4ccc(F)cc4)CC3)n2)oc2ccccc12. The van der Waals surface area contributed by atoms with Gasteiger partial charge in [0.15, 0.2) is 5.76 Å². The van der Waals surface area contributed by atoms with Crippen LogP contribution in [0.3, 0.4) is 0 Å². The molecule has 0 spiro atoms. The Morgan fingerprint density at radius 1 is 1.15 bits per heavy atom. The average Bonchev–Trinajstić information content (AvgIpc) is 3.45. The fourth-order valence-corrected chi connectivity index (χ4v) is 4.30. The fourth-order valence-electron chi connectivity index (χ4n) is 4.30. The number of aryl methyl sites for hydroxylation is 1. The Hall–Kier alpha value is -3.52. The first-order valence-corrected chi connectivity index (χ1v) is 11.1. The van der Waals surface area contributed by atoms with E-state index in [1.54, 1.807) is 0 Å². The van der Waals surface area contributed by atoms with Crippen molar-refractivity contribution in [1.82, 2.24) is 20.4 Å². The summed E-state index contributed by atoms with van der Waals surface area (Å²) < 4.78 is 24.1. The van der Waals surface area contributed by atoms with Crippen molar-refractivity contribution in [2.45, 2.75) is 26.3 Å². The average molecular weight is 448 g/mol. The molecule has 2 aromatic carbocycles. The molecule has 0 unspecified atom stereocenters. The molecule has 170 valence electrons. The number of aromatic nitrogens is 2. The molecule has 4 aromatic rings. The van der Waals surface area contributed by atoms with E-state index < -0.39 is 0 Å². The maximum absolute atomic E-state index is 13.1. The lowest BCUT2D eigenvalue weighted by molar-refractivity contribution is 0.0891. The molecule has 0 radical (unpaired) electrons. The second-order valence-electron chi connectivity index (χ2n) is 8.53. The van der Waals surface area contributed by atoms with Crippen molar-refractivity contribution in [2.75, 3.05) is 19.6 Å². The van der Waals surface area contributed by atoms with Gasteiger partial charge in [-0.15, -0.1) is 0 Å². The minimum Gasteiger partial charge on any atom is -0.452 e. The van der Waals surface area contributed by atoms with Gasteiger partial charge in [-0.25, -0.2) is 4.39 Å². The van der Waals surface area contributed by atoms with Gasteiger partial charge in [-0.2, -0.15) is 4.98 Å². The van der Waals surface area contributed by atoms with Crippen LogP contribution in [0.15, 0.2) is 57.5 Å². The van der Waals surface area contributed by atoms with E-state index in [-0.39, 0.29) is 23.4 Å². The van der Waals surface area contributed by atoms with Crippen LogP contribution in [0.4, 0.5) is 4.39 Å². The van der Waals surface area contributed by atoms with Crippen molar-refractivity contribution in [3.8, 4) is 11.6 Å². The topological polar surface area (TPSA) is 84.4 Å². The van der Waals surface area contributed by atoms with Crippen LogP contribution in [0.2, 0.25) is 0 Å². The third-order valence-electron chi connectivity index (χ3n) is 6.24. The maximum Gasteiger partial charge on any atom is 0.316 e. The molecule has 8 heteroatoms. The summed E-state index contributed by atoms with van der Waals surface area (Å²) in [5.41, 5.74) is 2.76. The van der Waals surface area contributed by atoms with Crippen molar-refractivity contribution < 1.29 is 18.1 Å². The van der Waals surface area contributed by atoms with Crippen molar-refractivity contribution in [1.29, 1.82) is 0 Å². The van der Waals surface area contributed by atoms with E-state index in [9.17, 15) is 9.18 Å². The second-order valence-corrected chi connectivity index (χ2v) is 8.53. The summed E-state index contributed by atoms with van der Waals surface area (Å²) in [6.07, 6.45) is 1.96.